The van der Waals surface area contributed by atoms with Gasteiger partial charge < -0.3 is 0 Å². The molecule has 80 valence electrons. The van der Waals surface area contributed by atoms with Crippen molar-refractivity contribution < 1.29 is 0 Å². The minimum atomic E-state index is 0.897. The van der Waals surface area contributed by atoms with E-state index in [1.807, 2.05) is 0 Å². The summed E-state index contributed by atoms with van der Waals surface area (Å²) in [6.45, 7) is 2.25. The zero-order valence-corrected chi connectivity index (χ0v) is 11.6. The molecule has 0 spiro atoms. The van der Waals surface area contributed by atoms with Crippen LogP contribution in [0.5, 0.6) is 0 Å². The highest BCUT2D eigenvalue weighted by Gasteiger charge is 2.00. The maximum absolute atomic E-state index is 4.34. The van der Waals surface area contributed by atoms with Gasteiger partial charge in [0.2, 0.25) is 3.83 Å². The highest BCUT2D eigenvalue weighted by molar-refractivity contribution is 14.1. The van der Waals surface area contributed by atoms with Crippen LogP contribution in [0.2, 0.25) is 0 Å². The van der Waals surface area contributed by atoms with Gasteiger partial charge >= 0.3 is 0 Å². The molecule has 0 N–H and O–H groups in total. The van der Waals surface area contributed by atoms with Gasteiger partial charge in [0.15, 0.2) is 0 Å². The SMILES string of the molecule is CCCCCCCCc1nc(I)ns1. The van der Waals surface area contributed by atoms with Crippen molar-refractivity contribution in [2.75, 3.05) is 0 Å². The van der Waals surface area contributed by atoms with Gasteiger partial charge in [0.1, 0.15) is 5.01 Å². The lowest BCUT2D eigenvalue weighted by Crippen LogP contribution is -1.85. The number of rotatable bonds is 7. The molecule has 0 aromatic carbocycles. The maximum Gasteiger partial charge on any atom is 0.203 e. The first-order chi connectivity index (χ1) is 6.83. The van der Waals surface area contributed by atoms with Gasteiger partial charge in [-0.1, -0.05) is 39.0 Å². The van der Waals surface area contributed by atoms with Crippen molar-refractivity contribution in [3.8, 4) is 0 Å². The van der Waals surface area contributed by atoms with E-state index in [1.165, 1.54) is 43.5 Å². The average Bonchev–Trinajstić information content (AvgIpc) is 2.58. The molecule has 1 aromatic rings. The smallest absolute Gasteiger partial charge is 0.203 e. The van der Waals surface area contributed by atoms with Crippen molar-refractivity contribution in [3.63, 3.8) is 0 Å². The molecule has 14 heavy (non-hydrogen) atoms. The Morgan fingerprint density at radius 3 is 2.50 bits per heavy atom. The summed E-state index contributed by atoms with van der Waals surface area (Å²) in [5, 5.41) is 1.20. The fourth-order valence-electron chi connectivity index (χ4n) is 1.39. The topological polar surface area (TPSA) is 25.8 Å². The molecule has 4 heteroatoms. The van der Waals surface area contributed by atoms with E-state index in [-0.39, 0.29) is 0 Å². The highest BCUT2D eigenvalue weighted by atomic mass is 127. The fourth-order valence-corrected chi connectivity index (χ4v) is 2.73. The average molecular weight is 324 g/mol. The summed E-state index contributed by atoms with van der Waals surface area (Å²) in [6.07, 6.45) is 9.22. The van der Waals surface area contributed by atoms with Crippen LogP contribution in [0.1, 0.15) is 50.5 Å². The Kier molecular flexibility index (Phi) is 6.68. The number of aryl methyl sites for hydroxylation is 1. The second-order valence-corrected chi connectivity index (χ2v) is 5.28. The molecule has 0 saturated heterocycles. The second-order valence-electron chi connectivity index (χ2n) is 3.47. The van der Waals surface area contributed by atoms with Crippen LogP contribution in [-0.4, -0.2) is 9.36 Å². The van der Waals surface area contributed by atoms with Crippen LogP contribution in [-0.2, 0) is 6.42 Å². The van der Waals surface area contributed by atoms with Gasteiger partial charge in [-0.2, -0.15) is 4.37 Å². The summed E-state index contributed by atoms with van der Waals surface area (Å²) in [6, 6.07) is 0. The molecule has 0 radical (unpaired) electrons. The lowest BCUT2D eigenvalue weighted by Gasteiger charge is -1.97. The predicted molar refractivity (Wildman–Crippen MR) is 69.7 cm³/mol. The molecule has 0 aliphatic heterocycles. The number of hydrogen-bond acceptors (Lipinski definition) is 3. The lowest BCUT2D eigenvalue weighted by molar-refractivity contribution is 0.607. The van der Waals surface area contributed by atoms with E-state index in [0.717, 1.165) is 10.3 Å². The van der Waals surface area contributed by atoms with Gasteiger partial charge in [-0.3, -0.25) is 0 Å². The van der Waals surface area contributed by atoms with Crippen LogP contribution >= 0.6 is 34.1 Å². The highest BCUT2D eigenvalue weighted by Crippen LogP contribution is 2.12. The Balaban J connectivity index is 1.99. The third kappa shape index (κ3) is 5.24. The van der Waals surface area contributed by atoms with Crippen molar-refractivity contribution in [2.45, 2.75) is 51.9 Å². The number of hydrogen-bond donors (Lipinski definition) is 0. The molecule has 0 fully saturated rings. The summed E-state index contributed by atoms with van der Waals surface area (Å²) in [7, 11) is 0. The summed E-state index contributed by atoms with van der Waals surface area (Å²) < 4.78 is 5.06. The molecule has 1 aromatic heterocycles. The van der Waals surface area contributed by atoms with Crippen molar-refractivity contribution in [3.05, 3.63) is 8.84 Å². The first-order valence-corrected chi connectivity index (χ1v) is 7.16. The van der Waals surface area contributed by atoms with E-state index in [1.54, 1.807) is 11.5 Å². The molecule has 0 bridgehead atoms. The lowest BCUT2D eigenvalue weighted by atomic mass is 10.1. The van der Waals surface area contributed by atoms with Crippen LogP contribution in [0.3, 0.4) is 0 Å². The molecule has 0 atom stereocenters. The quantitative estimate of drug-likeness (QED) is 0.559. The second kappa shape index (κ2) is 7.56. The van der Waals surface area contributed by atoms with Gasteiger partial charge in [-0.05, 0) is 18.0 Å². The Morgan fingerprint density at radius 2 is 1.86 bits per heavy atom. The number of unbranched alkanes of at least 4 members (excludes halogenated alkanes) is 5. The monoisotopic (exact) mass is 324 g/mol. The maximum atomic E-state index is 4.34. The zero-order valence-electron chi connectivity index (χ0n) is 8.63. The minimum Gasteiger partial charge on any atom is -0.215 e. The number of aromatic nitrogens is 2. The summed E-state index contributed by atoms with van der Waals surface area (Å²) >= 11 is 3.72. The van der Waals surface area contributed by atoms with Crippen molar-refractivity contribution >= 4 is 34.1 Å². The Hall–Kier alpha value is 0.290. The van der Waals surface area contributed by atoms with E-state index < -0.39 is 0 Å². The fraction of sp³-hybridized carbons (Fsp3) is 0.800. The number of halogens is 1. The van der Waals surface area contributed by atoms with E-state index in [0.29, 0.717) is 0 Å². The third-order valence-electron chi connectivity index (χ3n) is 2.19. The third-order valence-corrected chi connectivity index (χ3v) is 3.77. The molecule has 0 saturated carbocycles. The van der Waals surface area contributed by atoms with Crippen molar-refractivity contribution in [1.82, 2.24) is 9.36 Å². The first-order valence-electron chi connectivity index (χ1n) is 5.31. The summed E-state index contributed by atoms with van der Waals surface area (Å²) in [4.78, 5) is 4.34. The van der Waals surface area contributed by atoms with Gasteiger partial charge in [0.05, 0.1) is 0 Å². The molecule has 0 amide bonds. The first kappa shape index (κ1) is 12.4. The van der Waals surface area contributed by atoms with Crippen LogP contribution in [0, 0.1) is 3.83 Å². The molecule has 0 unspecified atom stereocenters. The number of nitrogens with zero attached hydrogens (tertiary/aromatic N) is 2. The van der Waals surface area contributed by atoms with E-state index in [2.05, 4.69) is 38.9 Å². The normalized spacial score (nSPS) is 10.7. The van der Waals surface area contributed by atoms with Crippen LogP contribution in [0.15, 0.2) is 0 Å². The van der Waals surface area contributed by atoms with Gasteiger partial charge in [-0.15, -0.1) is 0 Å². The minimum absolute atomic E-state index is 0.897. The largest absolute Gasteiger partial charge is 0.215 e. The van der Waals surface area contributed by atoms with Gasteiger partial charge in [0.25, 0.3) is 0 Å². The molecule has 1 heterocycles. The van der Waals surface area contributed by atoms with E-state index in [9.17, 15) is 0 Å². The molecular weight excluding hydrogens is 307 g/mol. The molecule has 2 nitrogen and oxygen atoms in total. The van der Waals surface area contributed by atoms with E-state index >= 15 is 0 Å². The van der Waals surface area contributed by atoms with Gasteiger partial charge in [0, 0.05) is 29.0 Å². The van der Waals surface area contributed by atoms with Crippen molar-refractivity contribution in [1.29, 1.82) is 0 Å². The Morgan fingerprint density at radius 1 is 1.14 bits per heavy atom. The summed E-state index contributed by atoms with van der Waals surface area (Å²) in [5.41, 5.74) is 0. The standard InChI is InChI=1S/C10H17IN2S/c1-2-3-4-5-6-7-8-9-12-10(11)13-14-9/h2-8H2,1H3. The molecular formula is C10H17IN2S. The molecule has 0 aliphatic carbocycles. The predicted octanol–water partition coefficient (Wildman–Crippen LogP) is 4.05. The molecule has 1 rings (SSSR count). The van der Waals surface area contributed by atoms with Crippen LogP contribution in [0.4, 0.5) is 0 Å². The van der Waals surface area contributed by atoms with Crippen LogP contribution < -0.4 is 0 Å². The van der Waals surface area contributed by atoms with Crippen LogP contribution in [0.25, 0.3) is 0 Å². The molecule has 0 aliphatic rings. The van der Waals surface area contributed by atoms with E-state index in [4.69, 9.17) is 0 Å². The zero-order chi connectivity index (χ0) is 10.2. The Bertz CT molecular complexity index is 250. The Labute approximate surface area is 104 Å². The van der Waals surface area contributed by atoms with Crippen molar-refractivity contribution in [2.24, 2.45) is 0 Å². The van der Waals surface area contributed by atoms with Gasteiger partial charge in [-0.25, -0.2) is 4.98 Å². The summed E-state index contributed by atoms with van der Waals surface area (Å²) in [5.74, 6) is 0.